The van der Waals surface area contributed by atoms with E-state index in [9.17, 15) is 18.3 Å². The first-order valence-electron chi connectivity index (χ1n) is 8.83. The Hall–Kier alpha value is -2.54. The average Bonchev–Trinajstić information content (AvgIpc) is 2.95. The Morgan fingerprint density at radius 2 is 1.78 bits per heavy atom. The number of nitrogens with one attached hydrogen (secondary N) is 1. The maximum atomic E-state index is 12.5. The molecule has 2 aromatic rings. The molecule has 0 unspecified atom stereocenters. The molecule has 0 aliphatic carbocycles. The van der Waals surface area contributed by atoms with E-state index in [1.165, 1.54) is 4.31 Å². The standard InChI is InChI=1S/C20H24N2O4S/c1-20(2,3)15-7-10-18(23)17(13-15)21-19(24)14-5-8-16(9-6-14)22-11-4-12-27(22,25)26/h5-10,13,23H,4,11-12H2,1-3H3,(H,21,24). The van der Waals surface area contributed by atoms with Crippen molar-refractivity contribution in [3.63, 3.8) is 0 Å². The Morgan fingerprint density at radius 1 is 1.11 bits per heavy atom. The number of benzene rings is 2. The fourth-order valence-electron chi connectivity index (χ4n) is 3.01. The van der Waals surface area contributed by atoms with Crippen molar-refractivity contribution in [2.75, 3.05) is 21.9 Å². The molecular formula is C20H24N2O4S. The summed E-state index contributed by atoms with van der Waals surface area (Å²) in [6.45, 7) is 6.61. The smallest absolute Gasteiger partial charge is 0.255 e. The van der Waals surface area contributed by atoms with Gasteiger partial charge in [0, 0.05) is 12.1 Å². The van der Waals surface area contributed by atoms with Gasteiger partial charge in [0.15, 0.2) is 0 Å². The Labute approximate surface area is 159 Å². The van der Waals surface area contributed by atoms with Gasteiger partial charge in [-0.25, -0.2) is 8.42 Å². The van der Waals surface area contributed by atoms with Crippen LogP contribution in [0.2, 0.25) is 0 Å². The third-order valence-corrected chi connectivity index (χ3v) is 6.50. The monoisotopic (exact) mass is 388 g/mol. The molecule has 1 aliphatic rings. The summed E-state index contributed by atoms with van der Waals surface area (Å²) in [6.07, 6.45) is 0.605. The molecule has 0 spiro atoms. The molecule has 1 heterocycles. The van der Waals surface area contributed by atoms with Crippen molar-refractivity contribution >= 4 is 27.3 Å². The quantitative estimate of drug-likeness (QED) is 0.788. The summed E-state index contributed by atoms with van der Waals surface area (Å²) in [5.74, 6) is -0.221. The van der Waals surface area contributed by atoms with Crippen LogP contribution in [0.3, 0.4) is 0 Å². The second-order valence-electron chi connectivity index (χ2n) is 7.72. The molecule has 0 saturated carbocycles. The number of anilines is 2. The third-order valence-electron chi connectivity index (χ3n) is 4.63. The molecule has 3 rings (SSSR count). The zero-order chi connectivity index (χ0) is 19.8. The van der Waals surface area contributed by atoms with Gasteiger partial charge in [-0.1, -0.05) is 26.8 Å². The van der Waals surface area contributed by atoms with E-state index in [0.717, 1.165) is 5.56 Å². The van der Waals surface area contributed by atoms with E-state index in [4.69, 9.17) is 0 Å². The van der Waals surface area contributed by atoms with Crippen LogP contribution in [0, 0.1) is 0 Å². The van der Waals surface area contributed by atoms with Crippen LogP contribution in [0.15, 0.2) is 42.5 Å². The van der Waals surface area contributed by atoms with Crippen molar-refractivity contribution in [1.82, 2.24) is 0 Å². The molecule has 1 fully saturated rings. The lowest BCUT2D eigenvalue weighted by Crippen LogP contribution is -2.25. The van der Waals surface area contributed by atoms with Gasteiger partial charge >= 0.3 is 0 Å². The topological polar surface area (TPSA) is 86.7 Å². The number of carbonyl (C=O) groups excluding carboxylic acids is 1. The highest BCUT2D eigenvalue weighted by atomic mass is 32.2. The fraction of sp³-hybridized carbons (Fsp3) is 0.350. The van der Waals surface area contributed by atoms with E-state index < -0.39 is 10.0 Å². The van der Waals surface area contributed by atoms with Gasteiger partial charge in [-0.2, -0.15) is 0 Å². The number of sulfonamides is 1. The number of rotatable bonds is 3. The zero-order valence-electron chi connectivity index (χ0n) is 15.7. The third kappa shape index (κ3) is 4.08. The summed E-state index contributed by atoms with van der Waals surface area (Å²) in [6, 6.07) is 11.6. The minimum absolute atomic E-state index is 0.00358. The molecule has 1 saturated heterocycles. The lowest BCUT2D eigenvalue weighted by molar-refractivity contribution is 0.102. The molecule has 0 bridgehead atoms. The molecule has 2 aromatic carbocycles. The van der Waals surface area contributed by atoms with E-state index in [2.05, 4.69) is 26.1 Å². The van der Waals surface area contributed by atoms with Crippen molar-refractivity contribution in [2.45, 2.75) is 32.6 Å². The molecule has 144 valence electrons. The first-order chi connectivity index (χ1) is 12.6. The van der Waals surface area contributed by atoms with E-state index in [1.54, 1.807) is 36.4 Å². The normalized spacial score (nSPS) is 16.3. The largest absolute Gasteiger partial charge is 0.506 e. The Kier molecular flexibility index (Phi) is 4.90. The van der Waals surface area contributed by atoms with Crippen LogP contribution >= 0.6 is 0 Å². The van der Waals surface area contributed by atoms with E-state index in [-0.39, 0.29) is 22.8 Å². The Morgan fingerprint density at radius 3 is 2.33 bits per heavy atom. The number of carbonyl (C=O) groups is 1. The predicted molar refractivity (Wildman–Crippen MR) is 107 cm³/mol. The van der Waals surface area contributed by atoms with Gasteiger partial charge in [0.25, 0.3) is 5.91 Å². The summed E-state index contributed by atoms with van der Waals surface area (Å²) in [5, 5.41) is 12.8. The van der Waals surface area contributed by atoms with Gasteiger partial charge in [0.1, 0.15) is 5.75 Å². The van der Waals surface area contributed by atoms with E-state index >= 15 is 0 Å². The number of hydrogen-bond acceptors (Lipinski definition) is 4. The summed E-state index contributed by atoms with van der Waals surface area (Å²) in [5.41, 5.74) is 2.16. The Bertz CT molecular complexity index is 960. The molecule has 0 atom stereocenters. The van der Waals surface area contributed by atoms with Gasteiger partial charge in [0.2, 0.25) is 10.0 Å². The number of phenols is 1. The van der Waals surface area contributed by atoms with Crippen LogP contribution in [-0.4, -0.2) is 31.7 Å². The number of hydrogen-bond donors (Lipinski definition) is 2. The molecule has 2 N–H and O–H groups in total. The zero-order valence-corrected chi connectivity index (χ0v) is 16.5. The van der Waals surface area contributed by atoms with Crippen molar-refractivity contribution in [3.05, 3.63) is 53.6 Å². The average molecular weight is 388 g/mol. The molecule has 27 heavy (non-hydrogen) atoms. The lowest BCUT2D eigenvalue weighted by Gasteiger charge is -2.20. The minimum atomic E-state index is -3.25. The maximum absolute atomic E-state index is 12.5. The van der Waals surface area contributed by atoms with Crippen LogP contribution < -0.4 is 9.62 Å². The highest BCUT2D eigenvalue weighted by Gasteiger charge is 2.28. The van der Waals surface area contributed by atoms with E-state index in [1.807, 2.05) is 6.07 Å². The Balaban J connectivity index is 1.79. The van der Waals surface area contributed by atoms with Gasteiger partial charge < -0.3 is 10.4 Å². The summed E-state index contributed by atoms with van der Waals surface area (Å²) in [4.78, 5) is 12.5. The molecule has 0 radical (unpaired) electrons. The van der Waals surface area contributed by atoms with Crippen molar-refractivity contribution in [3.8, 4) is 5.75 Å². The molecule has 0 aromatic heterocycles. The summed E-state index contributed by atoms with van der Waals surface area (Å²) < 4.78 is 25.4. The highest BCUT2D eigenvalue weighted by molar-refractivity contribution is 7.93. The van der Waals surface area contributed by atoms with Crippen LogP contribution in [0.25, 0.3) is 0 Å². The number of nitrogens with zero attached hydrogens (tertiary/aromatic N) is 1. The first kappa shape index (κ1) is 19.2. The second kappa shape index (κ2) is 6.88. The number of amides is 1. The second-order valence-corrected chi connectivity index (χ2v) is 9.74. The molecule has 6 nitrogen and oxygen atoms in total. The number of phenolic OH excluding ortho intramolecular Hbond substituents is 1. The molecule has 7 heteroatoms. The van der Waals surface area contributed by atoms with Crippen molar-refractivity contribution in [2.24, 2.45) is 0 Å². The highest BCUT2D eigenvalue weighted by Crippen LogP contribution is 2.31. The summed E-state index contributed by atoms with van der Waals surface area (Å²) >= 11 is 0. The molecule has 1 aliphatic heterocycles. The number of aromatic hydroxyl groups is 1. The van der Waals surface area contributed by atoms with Gasteiger partial charge in [-0.15, -0.1) is 0 Å². The SMILES string of the molecule is CC(C)(C)c1ccc(O)c(NC(=O)c2ccc(N3CCCS3(=O)=O)cc2)c1. The molecular weight excluding hydrogens is 364 g/mol. The van der Waals surface area contributed by atoms with Crippen LogP contribution in [0.1, 0.15) is 43.1 Å². The van der Waals surface area contributed by atoms with Crippen LogP contribution in [-0.2, 0) is 15.4 Å². The van der Waals surface area contributed by atoms with E-state index in [0.29, 0.717) is 29.9 Å². The first-order valence-corrected chi connectivity index (χ1v) is 10.4. The van der Waals surface area contributed by atoms with Crippen LogP contribution in [0.4, 0.5) is 11.4 Å². The van der Waals surface area contributed by atoms with Gasteiger partial charge in [0.05, 0.1) is 17.1 Å². The van der Waals surface area contributed by atoms with Gasteiger partial charge in [-0.05, 0) is 53.8 Å². The molecule has 1 amide bonds. The maximum Gasteiger partial charge on any atom is 0.255 e. The summed E-state index contributed by atoms with van der Waals surface area (Å²) in [7, 11) is -3.25. The lowest BCUT2D eigenvalue weighted by atomic mass is 9.87. The minimum Gasteiger partial charge on any atom is -0.506 e. The van der Waals surface area contributed by atoms with Crippen molar-refractivity contribution < 1.29 is 18.3 Å². The van der Waals surface area contributed by atoms with Gasteiger partial charge in [-0.3, -0.25) is 9.10 Å². The van der Waals surface area contributed by atoms with Crippen LogP contribution in [0.5, 0.6) is 5.75 Å². The fourth-order valence-corrected chi connectivity index (χ4v) is 4.57. The van der Waals surface area contributed by atoms with Crippen molar-refractivity contribution in [1.29, 1.82) is 0 Å². The predicted octanol–water partition coefficient (Wildman–Crippen LogP) is 3.48.